The van der Waals surface area contributed by atoms with Crippen LogP contribution < -0.4 is 11.1 Å². The third-order valence-electron chi connectivity index (χ3n) is 2.25. The lowest BCUT2D eigenvalue weighted by atomic mass is 10.1. The van der Waals surface area contributed by atoms with Crippen molar-refractivity contribution in [2.75, 3.05) is 0 Å². The molecule has 1 atom stereocenters. The summed E-state index contributed by atoms with van der Waals surface area (Å²) in [6.07, 6.45) is 2.92. The van der Waals surface area contributed by atoms with Crippen molar-refractivity contribution in [3.8, 4) is 0 Å². The van der Waals surface area contributed by atoms with Gasteiger partial charge in [-0.15, -0.1) is 11.3 Å². The summed E-state index contributed by atoms with van der Waals surface area (Å²) in [4.78, 5) is 15.9. The predicted octanol–water partition coefficient (Wildman–Crippen LogP) is 1.62. The average Bonchev–Trinajstić information content (AvgIpc) is 2.67. The molecule has 16 heavy (non-hydrogen) atoms. The molecule has 0 aromatic carbocycles. The predicted molar refractivity (Wildman–Crippen MR) is 66.2 cm³/mol. The van der Waals surface area contributed by atoms with E-state index >= 15 is 0 Å². The van der Waals surface area contributed by atoms with Crippen LogP contribution in [0.2, 0.25) is 0 Å². The Morgan fingerprint density at radius 2 is 2.38 bits per heavy atom. The Morgan fingerprint density at radius 1 is 1.69 bits per heavy atom. The Hall–Kier alpha value is -0.940. The van der Waals surface area contributed by atoms with E-state index in [-0.39, 0.29) is 11.9 Å². The SMILES string of the molecule is CC(N)CCC(=O)NC(C)(C)c1nccs1. The number of amides is 1. The maximum absolute atomic E-state index is 11.7. The van der Waals surface area contributed by atoms with Crippen molar-refractivity contribution < 1.29 is 4.79 Å². The normalized spacial score (nSPS) is 13.5. The molecule has 1 unspecified atom stereocenters. The highest BCUT2D eigenvalue weighted by Crippen LogP contribution is 2.22. The van der Waals surface area contributed by atoms with Crippen LogP contribution in [0.4, 0.5) is 0 Å². The molecule has 0 saturated heterocycles. The van der Waals surface area contributed by atoms with Crippen LogP contribution in [0, 0.1) is 0 Å². The summed E-state index contributed by atoms with van der Waals surface area (Å²) in [6, 6.07) is 0.0636. The molecule has 1 amide bonds. The van der Waals surface area contributed by atoms with Gasteiger partial charge in [-0.1, -0.05) is 0 Å². The van der Waals surface area contributed by atoms with Crippen molar-refractivity contribution in [3.63, 3.8) is 0 Å². The van der Waals surface area contributed by atoms with Crippen LogP contribution in [-0.2, 0) is 10.3 Å². The molecule has 0 radical (unpaired) electrons. The van der Waals surface area contributed by atoms with E-state index in [0.717, 1.165) is 5.01 Å². The van der Waals surface area contributed by atoms with Crippen LogP contribution in [0.3, 0.4) is 0 Å². The summed E-state index contributed by atoms with van der Waals surface area (Å²) in [6.45, 7) is 5.81. The Morgan fingerprint density at radius 3 is 2.88 bits per heavy atom. The number of nitrogens with zero attached hydrogens (tertiary/aromatic N) is 1. The van der Waals surface area contributed by atoms with Gasteiger partial charge in [0.1, 0.15) is 5.01 Å². The molecule has 0 saturated carbocycles. The Balaban J connectivity index is 2.50. The number of nitrogens with two attached hydrogens (primary N) is 1. The van der Waals surface area contributed by atoms with Gasteiger partial charge in [-0.3, -0.25) is 4.79 Å². The first-order valence-corrected chi connectivity index (χ1v) is 6.26. The lowest BCUT2D eigenvalue weighted by Crippen LogP contribution is -2.41. The van der Waals surface area contributed by atoms with Gasteiger partial charge in [0.2, 0.25) is 5.91 Å². The van der Waals surface area contributed by atoms with Gasteiger partial charge in [0.25, 0.3) is 0 Å². The standard InChI is InChI=1S/C11H19N3OS/c1-8(12)4-5-9(15)14-11(2,3)10-13-6-7-16-10/h6-8H,4-5,12H2,1-3H3,(H,14,15). The van der Waals surface area contributed by atoms with Crippen LogP contribution in [0.25, 0.3) is 0 Å². The van der Waals surface area contributed by atoms with Gasteiger partial charge in [0.05, 0.1) is 5.54 Å². The molecule has 0 fully saturated rings. The van der Waals surface area contributed by atoms with E-state index in [2.05, 4.69) is 10.3 Å². The van der Waals surface area contributed by atoms with Crippen LogP contribution >= 0.6 is 11.3 Å². The van der Waals surface area contributed by atoms with Crippen LogP contribution in [0.1, 0.15) is 38.6 Å². The first kappa shape index (κ1) is 13.1. The molecule has 3 N–H and O–H groups in total. The molecule has 0 bridgehead atoms. The molecule has 0 spiro atoms. The van der Waals surface area contributed by atoms with Crippen molar-refractivity contribution in [3.05, 3.63) is 16.6 Å². The minimum absolute atomic E-state index is 0.0255. The first-order valence-electron chi connectivity index (χ1n) is 5.38. The topological polar surface area (TPSA) is 68.0 Å². The van der Waals surface area contributed by atoms with E-state index in [4.69, 9.17) is 5.73 Å². The van der Waals surface area contributed by atoms with E-state index < -0.39 is 5.54 Å². The Labute approximate surface area is 100 Å². The van der Waals surface area contributed by atoms with Crippen molar-refractivity contribution >= 4 is 17.2 Å². The van der Waals surface area contributed by atoms with Crippen molar-refractivity contribution in [2.24, 2.45) is 5.73 Å². The Bertz CT molecular complexity index is 333. The molecule has 4 nitrogen and oxygen atoms in total. The van der Waals surface area contributed by atoms with E-state index in [0.29, 0.717) is 12.8 Å². The van der Waals surface area contributed by atoms with Crippen LogP contribution in [0.5, 0.6) is 0 Å². The lowest BCUT2D eigenvalue weighted by Gasteiger charge is -2.24. The highest BCUT2D eigenvalue weighted by molar-refractivity contribution is 7.09. The number of hydrogen-bond donors (Lipinski definition) is 2. The fourth-order valence-electron chi connectivity index (χ4n) is 1.36. The van der Waals surface area contributed by atoms with Gasteiger partial charge in [-0.25, -0.2) is 4.98 Å². The number of hydrogen-bond acceptors (Lipinski definition) is 4. The zero-order chi connectivity index (χ0) is 12.2. The number of aromatic nitrogens is 1. The van der Waals surface area contributed by atoms with Gasteiger partial charge >= 0.3 is 0 Å². The van der Waals surface area contributed by atoms with Crippen molar-refractivity contribution in [2.45, 2.75) is 45.2 Å². The second-order valence-electron chi connectivity index (χ2n) is 4.53. The molecule has 0 aliphatic carbocycles. The summed E-state index contributed by atoms with van der Waals surface area (Å²) in [5.74, 6) is 0.0255. The van der Waals surface area contributed by atoms with E-state index in [1.807, 2.05) is 26.2 Å². The molecule has 1 aromatic heterocycles. The van der Waals surface area contributed by atoms with Gasteiger partial charge in [-0.2, -0.15) is 0 Å². The van der Waals surface area contributed by atoms with Gasteiger partial charge in [0, 0.05) is 24.0 Å². The van der Waals surface area contributed by atoms with E-state index in [1.165, 1.54) is 0 Å². The fraction of sp³-hybridized carbons (Fsp3) is 0.636. The second-order valence-corrected chi connectivity index (χ2v) is 5.42. The maximum Gasteiger partial charge on any atom is 0.220 e. The smallest absolute Gasteiger partial charge is 0.220 e. The largest absolute Gasteiger partial charge is 0.345 e. The van der Waals surface area contributed by atoms with Crippen LogP contribution in [0.15, 0.2) is 11.6 Å². The summed E-state index contributed by atoms with van der Waals surface area (Å²) in [5, 5.41) is 5.79. The summed E-state index contributed by atoms with van der Waals surface area (Å²) in [7, 11) is 0. The number of thiazole rings is 1. The monoisotopic (exact) mass is 241 g/mol. The molecule has 90 valence electrons. The summed E-state index contributed by atoms with van der Waals surface area (Å²) in [5.41, 5.74) is 5.21. The minimum atomic E-state index is -0.400. The molecular weight excluding hydrogens is 222 g/mol. The lowest BCUT2D eigenvalue weighted by molar-refractivity contribution is -0.122. The molecule has 1 aromatic rings. The molecule has 5 heteroatoms. The maximum atomic E-state index is 11.7. The molecule has 0 aliphatic heterocycles. The zero-order valence-corrected chi connectivity index (χ0v) is 10.8. The number of rotatable bonds is 5. The zero-order valence-electron chi connectivity index (χ0n) is 9.99. The third kappa shape index (κ3) is 3.90. The third-order valence-corrected chi connectivity index (χ3v) is 3.34. The second kappa shape index (κ2) is 5.41. The molecular formula is C11H19N3OS. The molecule has 1 heterocycles. The number of carbonyl (C=O) groups excluding carboxylic acids is 1. The highest BCUT2D eigenvalue weighted by atomic mass is 32.1. The Kier molecular flexibility index (Phi) is 4.44. The van der Waals surface area contributed by atoms with Crippen molar-refractivity contribution in [1.82, 2.24) is 10.3 Å². The first-order chi connectivity index (χ1) is 7.42. The van der Waals surface area contributed by atoms with E-state index in [9.17, 15) is 4.79 Å². The van der Waals surface area contributed by atoms with Gasteiger partial charge < -0.3 is 11.1 Å². The minimum Gasteiger partial charge on any atom is -0.345 e. The fourth-order valence-corrected chi connectivity index (χ4v) is 2.07. The van der Waals surface area contributed by atoms with E-state index in [1.54, 1.807) is 17.5 Å². The number of carbonyl (C=O) groups is 1. The quantitative estimate of drug-likeness (QED) is 0.823. The average molecular weight is 241 g/mol. The van der Waals surface area contributed by atoms with Gasteiger partial charge in [0.15, 0.2) is 0 Å². The molecule has 1 rings (SSSR count). The summed E-state index contributed by atoms with van der Waals surface area (Å²) >= 11 is 1.55. The van der Waals surface area contributed by atoms with Gasteiger partial charge in [-0.05, 0) is 27.2 Å². The summed E-state index contributed by atoms with van der Waals surface area (Å²) < 4.78 is 0. The van der Waals surface area contributed by atoms with Crippen molar-refractivity contribution in [1.29, 1.82) is 0 Å². The van der Waals surface area contributed by atoms with Crippen LogP contribution in [-0.4, -0.2) is 16.9 Å². The number of nitrogens with one attached hydrogen (secondary N) is 1. The highest BCUT2D eigenvalue weighted by Gasteiger charge is 2.25. The molecule has 0 aliphatic rings.